The molecule has 1 aromatic rings. The molecule has 86 valence electrons. The number of nitrogens with one attached hydrogen (secondary N) is 1. The fourth-order valence-electron chi connectivity index (χ4n) is 1.44. The molecule has 4 heteroatoms. The molecule has 3 nitrogen and oxygen atoms in total. The quantitative estimate of drug-likeness (QED) is 0.824. The van der Waals surface area contributed by atoms with E-state index in [0.29, 0.717) is 28.3 Å². The van der Waals surface area contributed by atoms with Crippen molar-refractivity contribution >= 4 is 29.0 Å². The number of hydrogen-bond acceptors (Lipinski definition) is 2. The van der Waals surface area contributed by atoms with Crippen molar-refractivity contribution in [3.05, 3.63) is 28.3 Å². The van der Waals surface area contributed by atoms with E-state index < -0.39 is 0 Å². The van der Waals surface area contributed by atoms with Gasteiger partial charge in [-0.25, -0.2) is 0 Å². The Balaban J connectivity index is 3.21. The van der Waals surface area contributed by atoms with Gasteiger partial charge in [0.15, 0.2) is 5.78 Å². The molecule has 0 bridgehead atoms. The average molecular weight is 240 g/mol. The molecule has 0 saturated carbocycles. The van der Waals surface area contributed by atoms with Gasteiger partial charge in [0, 0.05) is 12.0 Å². The Kier molecular flexibility index (Phi) is 4.07. The number of ketones is 1. The van der Waals surface area contributed by atoms with Gasteiger partial charge in [-0.2, -0.15) is 0 Å². The summed E-state index contributed by atoms with van der Waals surface area (Å²) in [7, 11) is 0. The molecule has 0 aliphatic rings. The van der Waals surface area contributed by atoms with E-state index in [1.54, 1.807) is 26.0 Å². The number of benzene rings is 1. The van der Waals surface area contributed by atoms with Crippen LogP contribution in [0.1, 0.15) is 36.2 Å². The van der Waals surface area contributed by atoms with Gasteiger partial charge in [-0.15, -0.1) is 0 Å². The van der Waals surface area contributed by atoms with Crippen molar-refractivity contribution < 1.29 is 9.59 Å². The van der Waals surface area contributed by atoms with Gasteiger partial charge < -0.3 is 5.32 Å². The second-order valence-electron chi connectivity index (χ2n) is 3.55. The number of hydrogen-bond donors (Lipinski definition) is 1. The highest BCUT2D eigenvalue weighted by Crippen LogP contribution is 2.28. The Bertz CT molecular complexity index is 441. The molecular formula is C12H14ClNO2. The van der Waals surface area contributed by atoms with E-state index in [9.17, 15) is 9.59 Å². The van der Waals surface area contributed by atoms with E-state index in [2.05, 4.69) is 5.32 Å². The molecule has 0 aliphatic heterocycles. The topological polar surface area (TPSA) is 46.2 Å². The molecule has 0 radical (unpaired) electrons. The van der Waals surface area contributed by atoms with Crippen LogP contribution in [0.25, 0.3) is 0 Å². The summed E-state index contributed by atoms with van der Waals surface area (Å²) in [4.78, 5) is 22.6. The lowest BCUT2D eigenvalue weighted by atomic mass is 10.0. The lowest BCUT2D eigenvalue weighted by Gasteiger charge is -2.12. The van der Waals surface area contributed by atoms with Crippen LogP contribution in [0, 0.1) is 6.92 Å². The molecule has 1 N–H and O–H groups in total. The molecule has 0 unspecified atom stereocenters. The molecule has 16 heavy (non-hydrogen) atoms. The molecule has 0 atom stereocenters. The van der Waals surface area contributed by atoms with Gasteiger partial charge in [-0.1, -0.05) is 18.5 Å². The lowest BCUT2D eigenvalue weighted by molar-refractivity contribution is -0.115. The maximum Gasteiger partial charge on any atom is 0.224 e. The number of rotatable bonds is 3. The van der Waals surface area contributed by atoms with Gasteiger partial charge in [-0.3, -0.25) is 9.59 Å². The Morgan fingerprint density at radius 1 is 1.38 bits per heavy atom. The van der Waals surface area contributed by atoms with Crippen LogP contribution in [0.3, 0.4) is 0 Å². The molecular weight excluding hydrogens is 226 g/mol. The zero-order valence-electron chi connectivity index (χ0n) is 9.56. The second-order valence-corrected chi connectivity index (χ2v) is 3.96. The summed E-state index contributed by atoms with van der Waals surface area (Å²) in [5.41, 5.74) is 1.82. The van der Waals surface area contributed by atoms with E-state index in [1.807, 2.05) is 0 Å². The van der Waals surface area contributed by atoms with E-state index in [1.165, 1.54) is 6.92 Å². The lowest BCUT2D eigenvalue weighted by Crippen LogP contribution is -2.12. The van der Waals surface area contributed by atoms with Crippen molar-refractivity contribution in [1.82, 2.24) is 0 Å². The van der Waals surface area contributed by atoms with Gasteiger partial charge >= 0.3 is 0 Å². The number of anilines is 1. The molecule has 1 aromatic carbocycles. The summed E-state index contributed by atoms with van der Waals surface area (Å²) in [6.07, 6.45) is 0.375. The molecule has 1 amide bonds. The first-order chi connectivity index (χ1) is 7.47. The fraction of sp³-hybridized carbons (Fsp3) is 0.333. The summed E-state index contributed by atoms with van der Waals surface area (Å²) in [6, 6.07) is 3.29. The zero-order valence-corrected chi connectivity index (χ0v) is 10.3. The summed E-state index contributed by atoms with van der Waals surface area (Å²) >= 11 is 5.98. The SMILES string of the molecule is CCC(=O)Nc1c(Cl)ccc(C(C)=O)c1C. The van der Waals surface area contributed by atoms with Crippen molar-refractivity contribution in [3.8, 4) is 0 Å². The highest BCUT2D eigenvalue weighted by atomic mass is 35.5. The highest BCUT2D eigenvalue weighted by molar-refractivity contribution is 6.34. The number of Topliss-reactive ketones (excluding diaryl/α,β-unsaturated/α-hetero) is 1. The van der Waals surface area contributed by atoms with Gasteiger partial charge in [0.2, 0.25) is 5.91 Å². The molecule has 1 rings (SSSR count). The standard InChI is InChI=1S/C12H14ClNO2/c1-4-11(16)14-12-7(2)9(8(3)15)5-6-10(12)13/h5-6H,4H2,1-3H3,(H,14,16). The molecule has 0 saturated heterocycles. The van der Waals surface area contributed by atoms with Crippen LogP contribution in [0.4, 0.5) is 5.69 Å². The van der Waals surface area contributed by atoms with Crippen LogP contribution in [0.2, 0.25) is 5.02 Å². The maximum atomic E-state index is 11.3. The molecule has 0 heterocycles. The van der Waals surface area contributed by atoms with Gasteiger partial charge in [0.25, 0.3) is 0 Å². The maximum absolute atomic E-state index is 11.3. The van der Waals surface area contributed by atoms with E-state index >= 15 is 0 Å². The Labute approximate surface area is 99.8 Å². The molecule has 0 spiro atoms. The third kappa shape index (κ3) is 2.61. The van der Waals surface area contributed by atoms with Crippen molar-refractivity contribution in [2.75, 3.05) is 5.32 Å². The van der Waals surface area contributed by atoms with E-state index in [4.69, 9.17) is 11.6 Å². The Hall–Kier alpha value is -1.35. The first-order valence-corrected chi connectivity index (χ1v) is 5.45. The minimum Gasteiger partial charge on any atom is -0.325 e. The largest absolute Gasteiger partial charge is 0.325 e. The van der Waals surface area contributed by atoms with Crippen LogP contribution in [-0.4, -0.2) is 11.7 Å². The molecule has 0 aliphatic carbocycles. The van der Waals surface area contributed by atoms with Crippen LogP contribution in [-0.2, 0) is 4.79 Å². The van der Waals surface area contributed by atoms with E-state index in [-0.39, 0.29) is 11.7 Å². The van der Waals surface area contributed by atoms with Gasteiger partial charge in [-0.05, 0) is 31.5 Å². The summed E-state index contributed by atoms with van der Waals surface area (Å²) in [5.74, 6) is -0.160. The fourth-order valence-corrected chi connectivity index (χ4v) is 1.69. The number of amides is 1. The predicted octanol–water partition coefficient (Wildman–Crippen LogP) is 3.20. The van der Waals surface area contributed by atoms with E-state index in [0.717, 1.165) is 0 Å². The van der Waals surface area contributed by atoms with Crippen molar-refractivity contribution in [3.63, 3.8) is 0 Å². The van der Waals surface area contributed by atoms with Crippen molar-refractivity contribution in [1.29, 1.82) is 0 Å². The number of carbonyl (C=O) groups excluding carboxylic acids is 2. The third-order valence-corrected chi connectivity index (χ3v) is 2.69. The molecule has 0 fully saturated rings. The minimum absolute atomic E-state index is 0.0406. The average Bonchev–Trinajstić information content (AvgIpc) is 2.23. The van der Waals surface area contributed by atoms with Crippen LogP contribution in [0.15, 0.2) is 12.1 Å². The number of carbonyl (C=O) groups is 2. The van der Waals surface area contributed by atoms with Gasteiger partial charge in [0.1, 0.15) is 0 Å². The minimum atomic E-state index is -0.120. The summed E-state index contributed by atoms with van der Waals surface area (Å²) in [6.45, 7) is 5.02. The monoisotopic (exact) mass is 239 g/mol. The van der Waals surface area contributed by atoms with Crippen LogP contribution in [0.5, 0.6) is 0 Å². The predicted molar refractivity (Wildman–Crippen MR) is 65.1 cm³/mol. The summed E-state index contributed by atoms with van der Waals surface area (Å²) < 4.78 is 0. The Morgan fingerprint density at radius 3 is 2.50 bits per heavy atom. The van der Waals surface area contributed by atoms with Crippen LogP contribution >= 0.6 is 11.6 Å². The number of halogens is 1. The zero-order chi connectivity index (χ0) is 12.3. The highest BCUT2D eigenvalue weighted by Gasteiger charge is 2.13. The van der Waals surface area contributed by atoms with Crippen molar-refractivity contribution in [2.45, 2.75) is 27.2 Å². The van der Waals surface area contributed by atoms with Gasteiger partial charge in [0.05, 0.1) is 10.7 Å². The second kappa shape index (κ2) is 5.12. The first kappa shape index (κ1) is 12.7. The van der Waals surface area contributed by atoms with Crippen molar-refractivity contribution in [2.24, 2.45) is 0 Å². The first-order valence-electron chi connectivity index (χ1n) is 5.07. The Morgan fingerprint density at radius 2 is 2.00 bits per heavy atom. The van der Waals surface area contributed by atoms with Crippen LogP contribution < -0.4 is 5.32 Å². The smallest absolute Gasteiger partial charge is 0.224 e. The third-order valence-electron chi connectivity index (χ3n) is 2.38. The normalized spacial score (nSPS) is 10.0. The molecule has 0 aromatic heterocycles. The summed E-state index contributed by atoms with van der Waals surface area (Å²) in [5, 5.41) is 3.15.